The number of nitrogens with zero attached hydrogens (tertiary/aromatic N) is 4. The first kappa shape index (κ1) is 19.7. The van der Waals surface area contributed by atoms with Crippen LogP contribution in [0.5, 0.6) is 0 Å². The molecule has 152 valence electrons. The first-order valence-corrected chi connectivity index (χ1v) is 11.3. The minimum atomic E-state index is -0.167. The molecule has 1 N–H and O–H groups in total. The number of carbonyl (C=O) groups is 1. The Morgan fingerprint density at radius 1 is 1.13 bits per heavy atom. The van der Waals surface area contributed by atoms with Gasteiger partial charge >= 0.3 is 0 Å². The van der Waals surface area contributed by atoms with Crippen molar-refractivity contribution in [2.24, 2.45) is 0 Å². The summed E-state index contributed by atoms with van der Waals surface area (Å²) >= 11 is 4.82. The molecule has 2 aromatic heterocycles. The van der Waals surface area contributed by atoms with Crippen LogP contribution in [0.3, 0.4) is 0 Å². The van der Waals surface area contributed by atoms with E-state index in [9.17, 15) is 10.1 Å². The van der Waals surface area contributed by atoms with Crippen molar-refractivity contribution < 1.29 is 4.79 Å². The second kappa shape index (κ2) is 8.10. The molecule has 3 heterocycles. The van der Waals surface area contributed by atoms with Gasteiger partial charge in [0, 0.05) is 18.7 Å². The average molecular weight is 490 g/mol. The van der Waals surface area contributed by atoms with Crippen LogP contribution < -0.4 is 10.2 Å². The van der Waals surface area contributed by atoms with Gasteiger partial charge in [-0.3, -0.25) is 10.1 Å². The highest BCUT2D eigenvalue weighted by Crippen LogP contribution is 2.29. The summed E-state index contributed by atoms with van der Waals surface area (Å²) < 4.78 is 1.71. The predicted octanol–water partition coefficient (Wildman–Crippen LogP) is 5.14. The first-order valence-electron chi connectivity index (χ1n) is 9.71. The summed E-state index contributed by atoms with van der Waals surface area (Å²) in [4.78, 5) is 24.2. The van der Waals surface area contributed by atoms with Gasteiger partial charge in [-0.2, -0.15) is 5.26 Å². The van der Waals surface area contributed by atoms with Gasteiger partial charge in [0.1, 0.15) is 11.9 Å². The van der Waals surface area contributed by atoms with Crippen LogP contribution in [0.25, 0.3) is 10.2 Å². The Bertz CT molecular complexity index is 1330. The highest BCUT2D eigenvalue weighted by molar-refractivity contribution is 9.10. The van der Waals surface area contributed by atoms with Crippen LogP contribution in [0.2, 0.25) is 0 Å². The van der Waals surface area contributed by atoms with E-state index >= 15 is 0 Å². The van der Waals surface area contributed by atoms with Crippen molar-refractivity contribution in [3.63, 3.8) is 0 Å². The van der Waals surface area contributed by atoms with Crippen molar-refractivity contribution in [3.05, 3.63) is 81.5 Å². The Morgan fingerprint density at radius 3 is 2.84 bits per heavy atom. The van der Waals surface area contributed by atoms with Gasteiger partial charge < -0.3 is 4.90 Å². The van der Waals surface area contributed by atoms with Crippen molar-refractivity contribution in [1.82, 2.24) is 9.97 Å². The summed E-state index contributed by atoms with van der Waals surface area (Å²) in [6, 6.07) is 19.5. The van der Waals surface area contributed by atoms with E-state index in [2.05, 4.69) is 48.3 Å². The van der Waals surface area contributed by atoms with Crippen LogP contribution >= 0.6 is 27.3 Å². The molecule has 0 unspecified atom stereocenters. The molecule has 0 saturated heterocycles. The van der Waals surface area contributed by atoms with Gasteiger partial charge in [0.25, 0.3) is 5.91 Å². The molecule has 0 aliphatic carbocycles. The van der Waals surface area contributed by atoms with E-state index in [0.717, 1.165) is 40.1 Å². The van der Waals surface area contributed by atoms with Crippen LogP contribution in [-0.2, 0) is 13.0 Å². The number of halogens is 1. The maximum atomic E-state index is 13.1. The number of nitrogens with one attached hydrogen (secondary N) is 1. The van der Waals surface area contributed by atoms with Gasteiger partial charge in [-0.25, -0.2) is 9.97 Å². The quantitative estimate of drug-likeness (QED) is 0.430. The van der Waals surface area contributed by atoms with Gasteiger partial charge in [-0.15, -0.1) is 0 Å². The number of para-hydroxylation sites is 1. The number of carbonyl (C=O) groups excluding carboxylic acids is 1. The summed E-state index contributed by atoms with van der Waals surface area (Å²) in [6.07, 6.45) is 0.803. The van der Waals surface area contributed by atoms with E-state index in [1.54, 1.807) is 0 Å². The number of aromatic nitrogens is 2. The number of rotatable bonds is 3. The zero-order valence-electron chi connectivity index (χ0n) is 16.3. The molecule has 2 aromatic carbocycles. The Balaban J connectivity index is 1.43. The maximum Gasteiger partial charge on any atom is 0.257 e. The Hall–Kier alpha value is -3.28. The molecule has 1 aliphatic heterocycles. The van der Waals surface area contributed by atoms with E-state index in [1.165, 1.54) is 11.3 Å². The Labute approximate surface area is 191 Å². The Kier molecular flexibility index (Phi) is 5.14. The Morgan fingerprint density at radius 2 is 2.00 bits per heavy atom. The number of benzene rings is 2. The lowest BCUT2D eigenvalue weighted by molar-refractivity contribution is 0.102. The minimum absolute atomic E-state index is 0.167. The zero-order valence-corrected chi connectivity index (χ0v) is 18.7. The fraction of sp³-hybridized carbons (Fsp3) is 0.130. The van der Waals surface area contributed by atoms with Gasteiger partial charge in [0.15, 0.2) is 10.8 Å². The number of anilines is 2. The second-order valence-corrected chi connectivity index (χ2v) is 9.05. The molecule has 0 radical (unpaired) electrons. The third-order valence-electron chi connectivity index (χ3n) is 5.29. The van der Waals surface area contributed by atoms with Crippen LogP contribution in [0.15, 0.2) is 59.1 Å². The zero-order chi connectivity index (χ0) is 21.4. The topological polar surface area (TPSA) is 81.9 Å². The van der Waals surface area contributed by atoms with Gasteiger partial charge in [0.2, 0.25) is 0 Å². The lowest BCUT2D eigenvalue weighted by atomic mass is 9.94. The predicted molar refractivity (Wildman–Crippen MR) is 125 cm³/mol. The van der Waals surface area contributed by atoms with Crippen LogP contribution in [0.4, 0.5) is 10.9 Å². The molecule has 4 aromatic rings. The molecule has 0 fully saturated rings. The summed E-state index contributed by atoms with van der Waals surface area (Å²) in [5, 5.41) is 12.8. The molecule has 0 bridgehead atoms. The standard InChI is InChI=1S/C23H16BrN5OS/c24-17-8-9-21(26-19(17)12-25)29-11-10-14-4-3-5-15(16(14)13-29)22(30)28-23-27-18-6-1-2-7-20(18)31-23/h1-9H,10-11,13H2,(H,27,28,30). The van der Waals surface area contributed by atoms with Crippen molar-refractivity contribution in [2.75, 3.05) is 16.8 Å². The molecule has 1 amide bonds. The summed E-state index contributed by atoms with van der Waals surface area (Å²) in [7, 11) is 0. The number of nitriles is 1. The third kappa shape index (κ3) is 3.78. The average Bonchev–Trinajstić information content (AvgIpc) is 3.21. The largest absolute Gasteiger partial charge is 0.352 e. The number of hydrogen-bond acceptors (Lipinski definition) is 6. The fourth-order valence-electron chi connectivity index (χ4n) is 3.77. The SMILES string of the molecule is N#Cc1nc(N2CCc3cccc(C(=O)Nc4nc5ccccc5s4)c3C2)ccc1Br. The molecular formula is C23H16BrN5OS. The molecule has 6 nitrogen and oxygen atoms in total. The highest BCUT2D eigenvalue weighted by atomic mass is 79.9. The smallest absolute Gasteiger partial charge is 0.257 e. The normalized spacial score (nSPS) is 13.0. The molecular weight excluding hydrogens is 474 g/mol. The number of fused-ring (bicyclic) bond motifs is 2. The lowest BCUT2D eigenvalue weighted by Crippen LogP contribution is -2.33. The van der Waals surface area contributed by atoms with E-state index in [-0.39, 0.29) is 5.91 Å². The summed E-state index contributed by atoms with van der Waals surface area (Å²) in [5.41, 5.74) is 4.00. The molecule has 8 heteroatoms. The van der Waals surface area contributed by atoms with E-state index in [0.29, 0.717) is 27.4 Å². The van der Waals surface area contributed by atoms with Gasteiger partial charge in [-0.1, -0.05) is 35.6 Å². The molecule has 1 aliphatic rings. The third-order valence-corrected chi connectivity index (χ3v) is 6.88. The molecule has 0 saturated carbocycles. The summed E-state index contributed by atoms with van der Waals surface area (Å²) in [5.74, 6) is 0.561. The highest BCUT2D eigenvalue weighted by Gasteiger charge is 2.23. The minimum Gasteiger partial charge on any atom is -0.352 e. The van der Waals surface area contributed by atoms with E-state index < -0.39 is 0 Å². The van der Waals surface area contributed by atoms with Crippen LogP contribution in [0.1, 0.15) is 27.2 Å². The fourth-order valence-corrected chi connectivity index (χ4v) is 4.94. The number of hydrogen-bond donors (Lipinski definition) is 1. The maximum absolute atomic E-state index is 13.1. The number of amides is 1. The van der Waals surface area contributed by atoms with Gasteiger partial charge in [-0.05, 0) is 63.8 Å². The number of thiazole rings is 1. The van der Waals surface area contributed by atoms with E-state index in [1.807, 2.05) is 48.5 Å². The van der Waals surface area contributed by atoms with Crippen LogP contribution in [-0.4, -0.2) is 22.4 Å². The van der Waals surface area contributed by atoms with Crippen molar-refractivity contribution in [1.29, 1.82) is 5.26 Å². The van der Waals surface area contributed by atoms with E-state index in [4.69, 9.17) is 0 Å². The summed E-state index contributed by atoms with van der Waals surface area (Å²) in [6.45, 7) is 1.33. The molecule has 31 heavy (non-hydrogen) atoms. The second-order valence-electron chi connectivity index (χ2n) is 7.17. The molecule has 5 rings (SSSR count). The van der Waals surface area contributed by atoms with Crippen LogP contribution in [0, 0.1) is 11.3 Å². The number of pyridine rings is 1. The van der Waals surface area contributed by atoms with Gasteiger partial charge in [0.05, 0.1) is 14.7 Å². The van der Waals surface area contributed by atoms with Crippen molar-refractivity contribution >= 4 is 54.3 Å². The molecule has 0 spiro atoms. The monoisotopic (exact) mass is 489 g/mol. The molecule has 0 atom stereocenters. The first-order chi connectivity index (χ1) is 15.1. The lowest BCUT2D eigenvalue weighted by Gasteiger charge is -2.31. The van der Waals surface area contributed by atoms with Crippen molar-refractivity contribution in [2.45, 2.75) is 13.0 Å². The van der Waals surface area contributed by atoms with Crippen molar-refractivity contribution in [3.8, 4) is 6.07 Å².